The first-order valence-corrected chi connectivity index (χ1v) is 8.89. The standard InChI is InChI=1S/C22H22ClNO/c23-21-12-6-4-10-19(21)16-24-17-20-11-5-7-13-22(20)25-15-14-18-8-2-1-3-9-18/h1-13,24H,14-17H2. The predicted molar refractivity (Wildman–Crippen MR) is 104 cm³/mol. The molecule has 0 saturated carbocycles. The van der Waals surface area contributed by atoms with Gasteiger partial charge in [0.25, 0.3) is 0 Å². The molecule has 3 aromatic carbocycles. The second-order valence-corrected chi connectivity index (χ2v) is 6.29. The fraction of sp³-hybridized carbons (Fsp3) is 0.182. The molecule has 0 fully saturated rings. The van der Waals surface area contributed by atoms with Crippen LogP contribution in [-0.4, -0.2) is 6.61 Å². The van der Waals surface area contributed by atoms with E-state index in [0.29, 0.717) is 6.61 Å². The van der Waals surface area contributed by atoms with Crippen LogP contribution in [0.15, 0.2) is 78.9 Å². The summed E-state index contributed by atoms with van der Waals surface area (Å²) >= 11 is 6.20. The first kappa shape index (κ1) is 17.5. The quantitative estimate of drug-likeness (QED) is 0.598. The Hall–Kier alpha value is -2.29. The summed E-state index contributed by atoms with van der Waals surface area (Å²) in [6, 6.07) is 26.5. The summed E-state index contributed by atoms with van der Waals surface area (Å²) in [6.07, 6.45) is 0.905. The van der Waals surface area contributed by atoms with Crippen molar-refractivity contribution in [3.05, 3.63) is 101 Å². The molecule has 0 atom stereocenters. The molecule has 0 heterocycles. The Labute approximate surface area is 154 Å². The summed E-state index contributed by atoms with van der Waals surface area (Å²) in [5.41, 5.74) is 3.55. The zero-order valence-corrected chi connectivity index (χ0v) is 14.9. The molecule has 0 amide bonds. The molecule has 0 radical (unpaired) electrons. The van der Waals surface area contributed by atoms with Crippen LogP contribution in [0.2, 0.25) is 5.02 Å². The molecular formula is C22H22ClNO. The second-order valence-electron chi connectivity index (χ2n) is 5.89. The molecule has 0 spiro atoms. The lowest BCUT2D eigenvalue weighted by Gasteiger charge is -2.13. The van der Waals surface area contributed by atoms with Gasteiger partial charge in [0.2, 0.25) is 0 Å². The van der Waals surface area contributed by atoms with E-state index in [9.17, 15) is 0 Å². The van der Waals surface area contributed by atoms with Crippen molar-refractivity contribution in [1.82, 2.24) is 5.32 Å². The highest BCUT2D eigenvalue weighted by molar-refractivity contribution is 6.31. The minimum atomic E-state index is 0.672. The Balaban J connectivity index is 1.53. The Morgan fingerprint density at radius 1 is 0.720 bits per heavy atom. The van der Waals surface area contributed by atoms with E-state index in [1.165, 1.54) is 5.56 Å². The third-order valence-corrected chi connectivity index (χ3v) is 4.42. The van der Waals surface area contributed by atoms with E-state index in [2.05, 4.69) is 35.6 Å². The molecule has 0 aliphatic rings. The highest BCUT2D eigenvalue weighted by atomic mass is 35.5. The third kappa shape index (κ3) is 5.35. The summed E-state index contributed by atoms with van der Waals surface area (Å²) in [4.78, 5) is 0. The molecule has 3 rings (SSSR count). The van der Waals surface area contributed by atoms with Crippen molar-refractivity contribution in [2.24, 2.45) is 0 Å². The molecule has 0 unspecified atom stereocenters. The Morgan fingerprint density at radius 2 is 1.36 bits per heavy atom. The Kier molecular flexibility index (Phi) is 6.49. The van der Waals surface area contributed by atoms with Crippen molar-refractivity contribution < 1.29 is 4.74 Å². The summed E-state index contributed by atoms with van der Waals surface area (Å²) in [7, 11) is 0. The number of ether oxygens (including phenoxy) is 1. The molecule has 3 aromatic rings. The van der Waals surface area contributed by atoms with E-state index >= 15 is 0 Å². The van der Waals surface area contributed by atoms with Crippen molar-refractivity contribution >= 4 is 11.6 Å². The fourth-order valence-electron chi connectivity index (χ4n) is 2.69. The van der Waals surface area contributed by atoms with Crippen LogP contribution < -0.4 is 10.1 Å². The normalized spacial score (nSPS) is 10.6. The number of benzene rings is 3. The maximum Gasteiger partial charge on any atom is 0.123 e. The van der Waals surface area contributed by atoms with Crippen LogP contribution in [0.4, 0.5) is 0 Å². The lowest BCUT2D eigenvalue weighted by Crippen LogP contribution is -2.14. The van der Waals surface area contributed by atoms with Crippen molar-refractivity contribution in [2.75, 3.05) is 6.61 Å². The van der Waals surface area contributed by atoms with Gasteiger partial charge < -0.3 is 10.1 Å². The van der Waals surface area contributed by atoms with Crippen LogP contribution in [0.3, 0.4) is 0 Å². The predicted octanol–water partition coefficient (Wildman–Crippen LogP) is 5.25. The smallest absolute Gasteiger partial charge is 0.123 e. The van der Waals surface area contributed by atoms with E-state index in [1.807, 2.05) is 48.5 Å². The first-order chi connectivity index (χ1) is 12.3. The van der Waals surface area contributed by atoms with Crippen LogP contribution in [0.5, 0.6) is 5.75 Å². The van der Waals surface area contributed by atoms with Gasteiger partial charge in [0.1, 0.15) is 5.75 Å². The average molecular weight is 352 g/mol. The zero-order chi connectivity index (χ0) is 17.3. The fourth-order valence-corrected chi connectivity index (χ4v) is 2.89. The monoisotopic (exact) mass is 351 g/mol. The van der Waals surface area contributed by atoms with Crippen LogP contribution >= 0.6 is 11.6 Å². The summed E-state index contributed by atoms with van der Waals surface area (Å²) in [5, 5.41) is 4.24. The van der Waals surface area contributed by atoms with Crippen molar-refractivity contribution in [3.63, 3.8) is 0 Å². The Bertz CT molecular complexity index is 789. The molecule has 2 nitrogen and oxygen atoms in total. The third-order valence-electron chi connectivity index (χ3n) is 4.05. The molecule has 0 aliphatic heterocycles. The highest BCUT2D eigenvalue weighted by Crippen LogP contribution is 2.19. The lowest BCUT2D eigenvalue weighted by molar-refractivity contribution is 0.317. The van der Waals surface area contributed by atoms with Gasteiger partial charge in [-0.05, 0) is 23.3 Å². The van der Waals surface area contributed by atoms with Gasteiger partial charge in [-0.3, -0.25) is 0 Å². The summed E-state index contributed by atoms with van der Waals surface area (Å²) in [6.45, 7) is 2.15. The number of halogens is 1. The van der Waals surface area contributed by atoms with Gasteiger partial charge >= 0.3 is 0 Å². The number of para-hydroxylation sites is 1. The van der Waals surface area contributed by atoms with E-state index in [-0.39, 0.29) is 0 Å². The number of rotatable bonds is 8. The van der Waals surface area contributed by atoms with Crippen LogP contribution in [-0.2, 0) is 19.5 Å². The molecule has 0 aromatic heterocycles. The Morgan fingerprint density at radius 3 is 2.16 bits per heavy atom. The van der Waals surface area contributed by atoms with Gasteiger partial charge in [-0.15, -0.1) is 0 Å². The molecule has 3 heteroatoms. The average Bonchev–Trinajstić information content (AvgIpc) is 2.65. The van der Waals surface area contributed by atoms with Crippen LogP contribution in [0.1, 0.15) is 16.7 Å². The molecule has 1 N–H and O–H groups in total. The maximum absolute atomic E-state index is 6.20. The summed E-state index contributed by atoms with van der Waals surface area (Å²) in [5.74, 6) is 0.935. The molecule has 128 valence electrons. The molecule has 0 aliphatic carbocycles. The maximum atomic E-state index is 6.20. The number of nitrogens with one attached hydrogen (secondary N) is 1. The van der Waals surface area contributed by atoms with E-state index < -0.39 is 0 Å². The summed E-state index contributed by atoms with van der Waals surface area (Å²) < 4.78 is 6.00. The molecule has 0 bridgehead atoms. The second kappa shape index (κ2) is 9.26. The zero-order valence-electron chi connectivity index (χ0n) is 14.1. The SMILES string of the molecule is Clc1ccccc1CNCc1ccccc1OCCc1ccccc1. The number of hydrogen-bond acceptors (Lipinski definition) is 2. The van der Waals surface area contributed by atoms with E-state index in [1.54, 1.807) is 0 Å². The topological polar surface area (TPSA) is 21.3 Å². The van der Waals surface area contributed by atoms with Crippen molar-refractivity contribution in [1.29, 1.82) is 0 Å². The van der Waals surface area contributed by atoms with Crippen molar-refractivity contribution in [2.45, 2.75) is 19.5 Å². The molecule has 25 heavy (non-hydrogen) atoms. The van der Waals surface area contributed by atoms with Crippen molar-refractivity contribution in [3.8, 4) is 5.75 Å². The van der Waals surface area contributed by atoms with E-state index in [0.717, 1.165) is 41.4 Å². The number of hydrogen-bond donors (Lipinski definition) is 1. The van der Waals surface area contributed by atoms with Crippen LogP contribution in [0, 0.1) is 0 Å². The molecular weight excluding hydrogens is 330 g/mol. The first-order valence-electron chi connectivity index (χ1n) is 8.51. The van der Waals surface area contributed by atoms with Crippen LogP contribution in [0.25, 0.3) is 0 Å². The van der Waals surface area contributed by atoms with Gasteiger partial charge in [0.05, 0.1) is 6.61 Å². The van der Waals surface area contributed by atoms with Gasteiger partial charge in [0.15, 0.2) is 0 Å². The van der Waals surface area contributed by atoms with Gasteiger partial charge in [-0.1, -0.05) is 78.3 Å². The minimum Gasteiger partial charge on any atom is -0.493 e. The molecule has 0 saturated heterocycles. The minimum absolute atomic E-state index is 0.672. The highest BCUT2D eigenvalue weighted by Gasteiger charge is 2.04. The lowest BCUT2D eigenvalue weighted by atomic mass is 10.1. The van der Waals surface area contributed by atoms with Gasteiger partial charge in [0, 0.05) is 30.1 Å². The van der Waals surface area contributed by atoms with Gasteiger partial charge in [-0.25, -0.2) is 0 Å². The largest absolute Gasteiger partial charge is 0.493 e. The van der Waals surface area contributed by atoms with E-state index in [4.69, 9.17) is 16.3 Å². The van der Waals surface area contributed by atoms with Gasteiger partial charge in [-0.2, -0.15) is 0 Å².